The highest BCUT2D eigenvalue weighted by molar-refractivity contribution is 5.85. The molecule has 3 heterocycles. The Hall–Kier alpha value is -3.53. The summed E-state index contributed by atoms with van der Waals surface area (Å²) < 4.78 is 18.2. The molecule has 2 aliphatic rings. The van der Waals surface area contributed by atoms with E-state index in [0.29, 0.717) is 0 Å². The zero-order valence-corrected chi connectivity index (χ0v) is 32.0. The molecule has 1 aromatic heterocycles. The number of ether oxygens (including phenoxy) is 2. The summed E-state index contributed by atoms with van der Waals surface area (Å²) in [5.74, 6) is 3.05. The minimum absolute atomic E-state index is 0.739. The molecule has 4 nitrogen and oxygen atoms in total. The van der Waals surface area contributed by atoms with Crippen molar-refractivity contribution < 1.29 is 14.0 Å². The van der Waals surface area contributed by atoms with Crippen molar-refractivity contribution >= 4 is 0 Å². The van der Waals surface area contributed by atoms with Crippen LogP contribution in [0.15, 0.2) is 66.7 Å². The fraction of sp³-hybridized carbons (Fsp3) is 0.553. The van der Waals surface area contributed by atoms with Crippen LogP contribution in [0.1, 0.15) is 153 Å². The van der Waals surface area contributed by atoms with Gasteiger partial charge < -0.3 is 9.47 Å². The maximum atomic E-state index is 6.62. The normalized spacial score (nSPS) is 12.5. The standard InChI is InChI=1S/C47H65N2O2/c1-3-5-7-9-11-13-15-17-19-25-33-50-43-32-31-38(35-44(43)51-34-26-20-18-16-14-12-10-8-6-4-2)47-48-36-39-27-21-23-29-41(39)45(48)46-42-30-24-22-28-40(42)37-49(46)47/h21-24,27-32,35H,3-20,25-26,33-34,36-37H2,1-2H3/q+1. The van der Waals surface area contributed by atoms with Gasteiger partial charge in [0.05, 0.1) is 18.8 Å². The van der Waals surface area contributed by atoms with E-state index in [1.165, 1.54) is 161 Å². The molecule has 51 heavy (non-hydrogen) atoms. The molecule has 0 atom stereocenters. The van der Waals surface area contributed by atoms with Gasteiger partial charge in [0.15, 0.2) is 22.9 Å². The van der Waals surface area contributed by atoms with Crippen LogP contribution in [0.5, 0.6) is 11.5 Å². The summed E-state index contributed by atoms with van der Waals surface area (Å²) in [6.45, 7) is 7.87. The summed E-state index contributed by atoms with van der Waals surface area (Å²) in [6, 6.07) is 24.6. The maximum absolute atomic E-state index is 6.62. The molecular weight excluding hydrogens is 625 g/mol. The molecule has 0 bridgehead atoms. The highest BCUT2D eigenvalue weighted by atomic mass is 16.5. The molecule has 4 aromatic rings. The summed E-state index contributed by atoms with van der Waals surface area (Å²) in [7, 11) is 0. The lowest BCUT2D eigenvalue weighted by atomic mass is 10.0. The molecule has 0 radical (unpaired) electrons. The molecule has 0 spiro atoms. The van der Waals surface area contributed by atoms with Crippen molar-refractivity contribution in [1.82, 2.24) is 4.57 Å². The molecule has 0 saturated carbocycles. The van der Waals surface area contributed by atoms with E-state index in [1.54, 1.807) is 0 Å². The van der Waals surface area contributed by atoms with Crippen molar-refractivity contribution in [2.75, 3.05) is 13.2 Å². The largest absolute Gasteiger partial charge is 0.490 e. The first kappa shape index (κ1) is 37.2. The quantitative estimate of drug-likeness (QED) is 0.0442. The highest BCUT2D eigenvalue weighted by Gasteiger charge is 2.42. The second-order valence-electron chi connectivity index (χ2n) is 15.2. The Morgan fingerprint density at radius 2 is 1.04 bits per heavy atom. The third-order valence-corrected chi connectivity index (χ3v) is 11.2. The summed E-state index contributed by atoms with van der Waals surface area (Å²) >= 11 is 0. The number of benzene rings is 3. The van der Waals surface area contributed by atoms with E-state index < -0.39 is 0 Å². The molecule has 2 aliphatic heterocycles. The molecule has 4 heteroatoms. The van der Waals surface area contributed by atoms with Gasteiger partial charge >= 0.3 is 0 Å². The molecule has 0 N–H and O–H groups in total. The van der Waals surface area contributed by atoms with Gasteiger partial charge in [0.25, 0.3) is 5.82 Å². The summed E-state index contributed by atoms with van der Waals surface area (Å²) in [6.07, 6.45) is 26.6. The predicted molar refractivity (Wildman–Crippen MR) is 214 cm³/mol. The molecule has 0 fully saturated rings. The number of nitrogens with zero attached hydrogens (tertiary/aromatic N) is 2. The summed E-state index contributed by atoms with van der Waals surface area (Å²) in [5, 5.41) is 0. The van der Waals surface area contributed by atoms with Crippen LogP contribution < -0.4 is 14.0 Å². The number of imidazole rings is 1. The van der Waals surface area contributed by atoms with E-state index in [9.17, 15) is 0 Å². The molecule has 274 valence electrons. The Balaban J connectivity index is 1.12. The van der Waals surface area contributed by atoms with Crippen molar-refractivity contribution in [3.05, 3.63) is 77.9 Å². The van der Waals surface area contributed by atoms with Gasteiger partial charge in [-0.25, -0.2) is 9.13 Å². The van der Waals surface area contributed by atoms with Gasteiger partial charge in [-0.1, -0.05) is 178 Å². The number of unbranched alkanes of at least 4 members (excludes halogenated alkanes) is 18. The minimum Gasteiger partial charge on any atom is -0.490 e. The van der Waals surface area contributed by atoms with E-state index in [4.69, 9.17) is 9.47 Å². The van der Waals surface area contributed by atoms with Crippen LogP contribution in [-0.4, -0.2) is 17.8 Å². The molecule has 3 aromatic carbocycles. The number of hydrogen-bond acceptors (Lipinski definition) is 2. The topological polar surface area (TPSA) is 27.3 Å². The number of hydrogen-bond donors (Lipinski definition) is 0. The Labute approximate surface area is 309 Å². The van der Waals surface area contributed by atoms with Crippen molar-refractivity contribution in [3.8, 4) is 45.4 Å². The molecular formula is C47H65N2O2+. The third kappa shape index (κ3) is 9.67. The van der Waals surface area contributed by atoms with Crippen LogP contribution >= 0.6 is 0 Å². The van der Waals surface area contributed by atoms with Crippen molar-refractivity contribution in [1.29, 1.82) is 0 Å². The smallest absolute Gasteiger partial charge is 0.290 e. The van der Waals surface area contributed by atoms with Crippen LogP contribution in [0.3, 0.4) is 0 Å². The van der Waals surface area contributed by atoms with Crippen LogP contribution in [-0.2, 0) is 13.1 Å². The lowest BCUT2D eigenvalue weighted by molar-refractivity contribution is -0.660. The van der Waals surface area contributed by atoms with Crippen LogP contribution in [0, 0.1) is 0 Å². The number of rotatable bonds is 25. The zero-order valence-electron chi connectivity index (χ0n) is 32.0. The fourth-order valence-electron chi connectivity index (χ4n) is 8.32. The molecule has 0 saturated heterocycles. The fourth-order valence-corrected chi connectivity index (χ4v) is 8.32. The Morgan fingerprint density at radius 3 is 1.65 bits per heavy atom. The first-order chi connectivity index (χ1) is 25.3. The van der Waals surface area contributed by atoms with Gasteiger partial charge in [0.2, 0.25) is 0 Å². The van der Waals surface area contributed by atoms with Gasteiger partial charge in [0.1, 0.15) is 13.1 Å². The first-order valence-electron chi connectivity index (χ1n) is 21.0. The third-order valence-electron chi connectivity index (χ3n) is 11.2. The van der Waals surface area contributed by atoms with Gasteiger partial charge in [-0.2, -0.15) is 0 Å². The number of fused-ring (bicyclic) bond motifs is 7. The predicted octanol–water partition coefficient (Wildman–Crippen LogP) is 13.1. The van der Waals surface area contributed by atoms with Gasteiger partial charge in [0, 0.05) is 22.3 Å². The van der Waals surface area contributed by atoms with Crippen molar-refractivity contribution in [2.45, 2.75) is 155 Å². The lowest BCUT2D eigenvalue weighted by Crippen LogP contribution is -2.34. The van der Waals surface area contributed by atoms with Gasteiger partial charge in [-0.05, 0) is 31.0 Å². The van der Waals surface area contributed by atoms with E-state index in [1.807, 2.05) is 0 Å². The molecule has 6 rings (SSSR count). The van der Waals surface area contributed by atoms with E-state index in [0.717, 1.165) is 50.6 Å². The Kier molecular flexibility index (Phi) is 14.5. The summed E-state index contributed by atoms with van der Waals surface area (Å²) in [5.41, 5.74) is 9.41. The van der Waals surface area contributed by atoms with Gasteiger partial charge in [-0.15, -0.1) is 0 Å². The molecule has 0 unspecified atom stereocenters. The van der Waals surface area contributed by atoms with Gasteiger partial charge in [-0.3, -0.25) is 0 Å². The average molecular weight is 690 g/mol. The van der Waals surface area contributed by atoms with Crippen LogP contribution in [0.2, 0.25) is 0 Å². The average Bonchev–Trinajstić information content (AvgIpc) is 3.80. The maximum Gasteiger partial charge on any atom is 0.290 e. The zero-order chi connectivity index (χ0) is 35.1. The van der Waals surface area contributed by atoms with Crippen LogP contribution in [0.25, 0.3) is 33.9 Å². The lowest BCUT2D eigenvalue weighted by Gasteiger charge is -2.14. The Morgan fingerprint density at radius 1 is 0.529 bits per heavy atom. The molecule has 0 amide bonds. The second kappa shape index (κ2) is 19.9. The highest BCUT2D eigenvalue weighted by Crippen LogP contribution is 2.45. The monoisotopic (exact) mass is 690 g/mol. The first-order valence-corrected chi connectivity index (χ1v) is 21.0. The van der Waals surface area contributed by atoms with E-state index in [2.05, 4.69) is 89.7 Å². The minimum atomic E-state index is 0.739. The van der Waals surface area contributed by atoms with E-state index >= 15 is 0 Å². The second-order valence-corrected chi connectivity index (χ2v) is 15.2. The summed E-state index contributed by atoms with van der Waals surface area (Å²) in [4.78, 5) is 0. The van der Waals surface area contributed by atoms with E-state index in [-0.39, 0.29) is 0 Å². The molecule has 0 aliphatic carbocycles. The van der Waals surface area contributed by atoms with Crippen molar-refractivity contribution in [2.24, 2.45) is 0 Å². The van der Waals surface area contributed by atoms with Crippen LogP contribution in [0.4, 0.5) is 0 Å². The van der Waals surface area contributed by atoms with Crippen molar-refractivity contribution in [3.63, 3.8) is 0 Å². The Bertz CT molecular complexity index is 1580. The number of aromatic nitrogens is 2. The SMILES string of the molecule is CCCCCCCCCCCCOc1ccc(-c2n3c(c4[n+]2Cc2ccccc2-4)-c2ccccc2C3)cc1OCCCCCCCCCCCC.